The van der Waals surface area contributed by atoms with Crippen molar-refractivity contribution in [1.82, 2.24) is 19.9 Å². The lowest BCUT2D eigenvalue weighted by Crippen LogP contribution is -2.53. The third-order valence-corrected chi connectivity index (χ3v) is 6.89. The van der Waals surface area contributed by atoms with Gasteiger partial charge in [-0.2, -0.15) is 4.98 Å². The van der Waals surface area contributed by atoms with Gasteiger partial charge in [-0.25, -0.2) is 4.98 Å². The lowest BCUT2D eigenvalue weighted by molar-refractivity contribution is -0.148. The molecule has 162 valence electrons. The molecule has 1 N–H and O–H groups in total. The highest BCUT2D eigenvalue weighted by Crippen LogP contribution is 2.42. The number of carbonyl (C=O) groups excluding carboxylic acids is 1. The van der Waals surface area contributed by atoms with Gasteiger partial charge < -0.3 is 19.5 Å². The number of nitrogens with zero attached hydrogens (tertiary/aromatic N) is 4. The SMILES string of the molecule is COc1cc(C)nc(N2CCC3(CCCN(Cc4c[nH]c5ccccc45)C3=O)CC2)n1. The standard InChI is InChI=1S/C24H29N5O2/c1-17-14-21(31-2)27-23(26-17)28-12-9-24(10-13-28)8-5-11-29(22(24)30)16-18-15-25-20-7-4-3-6-19(18)20/h3-4,6-7,14-15,25H,5,8-13,16H2,1-2H3. The number of amides is 1. The summed E-state index contributed by atoms with van der Waals surface area (Å²) in [5.41, 5.74) is 2.95. The predicted octanol–water partition coefficient (Wildman–Crippen LogP) is 3.68. The summed E-state index contributed by atoms with van der Waals surface area (Å²) in [5.74, 6) is 1.60. The third-order valence-electron chi connectivity index (χ3n) is 6.89. The number of ether oxygens (including phenoxy) is 1. The van der Waals surface area contributed by atoms with E-state index in [9.17, 15) is 4.79 Å². The predicted molar refractivity (Wildman–Crippen MR) is 120 cm³/mol. The second kappa shape index (κ2) is 7.87. The number of aryl methyl sites for hydroxylation is 1. The van der Waals surface area contributed by atoms with E-state index in [0.717, 1.165) is 56.5 Å². The van der Waals surface area contributed by atoms with Gasteiger partial charge in [-0.15, -0.1) is 0 Å². The van der Waals surface area contributed by atoms with Gasteiger partial charge in [-0.3, -0.25) is 4.79 Å². The summed E-state index contributed by atoms with van der Waals surface area (Å²) in [7, 11) is 1.62. The molecule has 4 heterocycles. The van der Waals surface area contributed by atoms with Crippen molar-refractivity contribution in [3.63, 3.8) is 0 Å². The zero-order chi connectivity index (χ0) is 21.4. The molecule has 0 unspecified atom stereocenters. The molecule has 31 heavy (non-hydrogen) atoms. The lowest BCUT2D eigenvalue weighted by atomic mass is 9.71. The van der Waals surface area contributed by atoms with E-state index in [1.54, 1.807) is 7.11 Å². The summed E-state index contributed by atoms with van der Waals surface area (Å²) in [6.07, 6.45) is 5.76. The van der Waals surface area contributed by atoms with Crippen LogP contribution in [0.15, 0.2) is 36.5 Å². The zero-order valence-corrected chi connectivity index (χ0v) is 18.2. The molecule has 2 fully saturated rings. The molecular formula is C24H29N5O2. The summed E-state index contributed by atoms with van der Waals surface area (Å²) in [6.45, 7) is 5.04. The van der Waals surface area contributed by atoms with Crippen LogP contribution < -0.4 is 9.64 Å². The molecule has 2 aromatic heterocycles. The number of methoxy groups -OCH3 is 1. The summed E-state index contributed by atoms with van der Waals surface area (Å²) in [4.78, 5) is 30.3. The molecule has 2 saturated heterocycles. The van der Waals surface area contributed by atoms with Crippen molar-refractivity contribution in [3.8, 4) is 5.88 Å². The number of likely N-dealkylation sites (tertiary alicyclic amines) is 1. The van der Waals surface area contributed by atoms with Gasteiger partial charge in [-0.1, -0.05) is 18.2 Å². The van der Waals surface area contributed by atoms with Crippen LogP contribution in [0.2, 0.25) is 0 Å². The molecule has 1 amide bonds. The summed E-state index contributed by atoms with van der Waals surface area (Å²) in [5, 5.41) is 1.20. The molecule has 2 aliphatic heterocycles. The minimum Gasteiger partial charge on any atom is -0.481 e. The number of aromatic amines is 1. The average Bonchev–Trinajstić information content (AvgIpc) is 3.20. The minimum atomic E-state index is -0.255. The van der Waals surface area contributed by atoms with Gasteiger partial charge in [0.1, 0.15) is 0 Å². The van der Waals surface area contributed by atoms with Gasteiger partial charge in [0.25, 0.3) is 0 Å². The van der Waals surface area contributed by atoms with Gasteiger partial charge in [0, 0.05) is 55.0 Å². The Morgan fingerprint density at radius 2 is 1.94 bits per heavy atom. The van der Waals surface area contributed by atoms with Crippen LogP contribution in [-0.4, -0.2) is 52.5 Å². The molecule has 0 bridgehead atoms. The van der Waals surface area contributed by atoms with Crippen molar-refractivity contribution in [1.29, 1.82) is 0 Å². The molecule has 7 heteroatoms. The number of hydrogen-bond acceptors (Lipinski definition) is 5. The molecule has 7 nitrogen and oxygen atoms in total. The normalized spacial score (nSPS) is 18.7. The maximum atomic E-state index is 13.6. The van der Waals surface area contributed by atoms with Crippen LogP contribution in [0.1, 0.15) is 36.9 Å². The summed E-state index contributed by atoms with van der Waals surface area (Å²) < 4.78 is 5.31. The van der Waals surface area contributed by atoms with Crippen LogP contribution in [0.25, 0.3) is 10.9 Å². The van der Waals surface area contributed by atoms with E-state index in [1.165, 1.54) is 10.9 Å². The Kier molecular flexibility index (Phi) is 5.04. The van der Waals surface area contributed by atoms with Crippen LogP contribution in [-0.2, 0) is 11.3 Å². The fourth-order valence-corrected chi connectivity index (χ4v) is 5.14. The van der Waals surface area contributed by atoms with Crippen molar-refractivity contribution in [2.75, 3.05) is 31.6 Å². The average molecular weight is 420 g/mol. The molecule has 1 aromatic carbocycles. The van der Waals surface area contributed by atoms with E-state index in [4.69, 9.17) is 4.74 Å². The number of benzene rings is 1. The second-order valence-electron chi connectivity index (χ2n) is 8.81. The number of nitrogens with one attached hydrogen (secondary N) is 1. The smallest absolute Gasteiger partial charge is 0.229 e. The first kappa shape index (κ1) is 19.8. The van der Waals surface area contributed by atoms with Crippen LogP contribution >= 0.6 is 0 Å². The number of piperidine rings is 2. The van der Waals surface area contributed by atoms with Crippen molar-refractivity contribution < 1.29 is 9.53 Å². The number of H-pyrrole nitrogens is 1. The molecule has 2 aliphatic rings. The highest BCUT2D eigenvalue weighted by molar-refractivity contribution is 5.86. The zero-order valence-electron chi connectivity index (χ0n) is 18.2. The molecule has 0 atom stereocenters. The highest BCUT2D eigenvalue weighted by atomic mass is 16.5. The Morgan fingerprint density at radius 3 is 2.74 bits per heavy atom. The van der Waals surface area contributed by atoms with Gasteiger partial charge in [0.15, 0.2) is 0 Å². The fourth-order valence-electron chi connectivity index (χ4n) is 5.14. The van der Waals surface area contributed by atoms with Crippen LogP contribution in [0, 0.1) is 12.3 Å². The monoisotopic (exact) mass is 419 g/mol. The molecule has 1 spiro atoms. The van der Waals surface area contributed by atoms with Crippen LogP contribution in [0.4, 0.5) is 5.95 Å². The summed E-state index contributed by atoms with van der Waals surface area (Å²) in [6, 6.07) is 10.1. The number of fused-ring (bicyclic) bond motifs is 1. The molecule has 0 aliphatic carbocycles. The largest absolute Gasteiger partial charge is 0.481 e. The summed E-state index contributed by atoms with van der Waals surface area (Å²) >= 11 is 0. The van der Waals surface area contributed by atoms with Crippen molar-refractivity contribution in [3.05, 3.63) is 47.8 Å². The Morgan fingerprint density at radius 1 is 1.13 bits per heavy atom. The van der Waals surface area contributed by atoms with Crippen LogP contribution in [0.3, 0.4) is 0 Å². The number of anilines is 1. The van der Waals surface area contributed by atoms with Gasteiger partial charge in [0.2, 0.25) is 17.7 Å². The van der Waals surface area contributed by atoms with E-state index in [-0.39, 0.29) is 5.41 Å². The first-order valence-electron chi connectivity index (χ1n) is 11.1. The van der Waals surface area contributed by atoms with Gasteiger partial charge in [-0.05, 0) is 44.2 Å². The Hall–Kier alpha value is -3.09. The molecule has 0 radical (unpaired) electrons. The quantitative estimate of drug-likeness (QED) is 0.698. The van der Waals surface area contributed by atoms with Crippen LogP contribution in [0.5, 0.6) is 5.88 Å². The topological polar surface area (TPSA) is 74.3 Å². The maximum absolute atomic E-state index is 13.6. The molecular weight excluding hydrogens is 390 g/mol. The van der Waals surface area contributed by atoms with Crippen molar-refractivity contribution >= 4 is 22.8 Å². The number of aromatic nitrogens is 3. The molecule has 5 rings (SSSR count). The number of rotatable bonds is 4. The minimum absolute atomic E-state index is 0.255. The second-order valence-corrected chi connectivity index (χ2v) is 8.81. The van der Waals surface area contributed by atoms with E-state index in [0.29, 0.717) is 24.3 Å². The molecule has 0 saturated carbocycles. The van der Waals surface area contributed by atoms with E-state index < -0.39 is 0 Å². The molecule has 3 aromatic rings. The fraction of sp³-hybridized carbons (Fsp3) is 0.458. The maximum Gasteiger partial charge on any atom is 0.229 e. The van der Waals surface area contributed by atoms with Gasteiger partial charge >= 0.3 is 0 Å². The highest BCUT2D eigenvalue weighted by Gasteiger charge is 2.46. The number of hydrogen-bond donors (Lipinski definition) is 1. The first-order chi connectivity index (χ1) is 15.1. The lowest BCUT2D eigenvalue weighted by Gasteiger charge is -2.46. The van der Waals surface area contributed by atoms with E-state index >= 15 is 0 Å². The van der Waals surface area contributed by atoms with Crippen molar-refractivity contribution in [2.24, 2.45) is 5.41 Å². The first-order valence-corrected chi connectivity index (χ1v) is 11.1. The van der Waals surface area contributed by atoms with E-state index in [2.05, 4.69) is 43.0 Å². The Bertz CT molecular complexity index is 1100. The van der Waals surface area contributed by atoms with E-state index in [1.807, 2.05) is 25.3 Å². The Labute approximate surface area is 182 Å². The Balaban J connectivity index is 1.31. The van der Waals surface area contributed by atoms with Crippen molar-refractivity contribution in [2.45, 2.75) is 39.2 Å². The number of para-hydroxylation sites is 1. The number of carbonyl (C=O) groups is 1. The third kappa shape index (κ3) is 3.62. The van der Waals surface area contributed by atoms with Gasteiger partial charge in [0.05, 0.1) is 12.5 Å².